The van der Waals surface area contributed by atoms with Crippen molar-refractivity contribution < 1.29 is 4.74 Å². The average Bonchev–Trinajstić information content (AvgIpc) is 2.58. The number of thioether (sulfide) groups is 1. The van der Waals surface area contributed by atoms with Crippen LogP contribution in [0.25, 0.3) is 0 Å². The van der Waals surface area contributed by atoms with Crippen molar-refractivity contribution in [2.45, 2.75) is 32.1 Å². The van der Waals surface area contributed by atoms with Crippen LogP contribution in [0.15, 0.2) is 0 Å². The molecule has 1 N–H and O–H groups in total. The molecule has 1 atom stereocenters. The van der Waals surface area contributed by atoms with Gasteiger partial charge in [-0.1, -0.05) is 6.92 Å². The summed E-state index contributed by atoms with van der Waals surface area (Å²) < 4.78 is 7.14. The molecule has 1 heterocycles. The van der Waals surface area contributed by atoms with Crippen LogP contribution >= 0.6 is 11.8 Å². The Balaban J connectivity index is 2.46. The predicted octanol–water partition coefficient (Wildman–Crippen LogP) is 1.97. The highest BCUT2D eigenvalue weighted by atomic mass is 32.2. The molecular formula is C12H23N3OS. The second kappa shape index (κ2) is 6.91. The summed E-state index contributed by atoms with van der Waals surface area (Å²) in [5.74, 6) is 0.855. The van der Waals surface area contributed by atoms with Crippen LogP contribution in [0.1, 0.15) is 24.6 Å². The topological polar surface area (TPSA) is 39.1 Å². The lowest BCUT2D eigenvalue weighted by molar-refractivity contribution is 0.368. The summed E-state index contributed by atoms with van der Waals surface area (Å²) in [5.41, 5.74) is 2.20. The van der Waals surface area contributed by atoms with E-state index in [2.05, 4.69) is 23.6 Å². The van der Waals surface area contributed by atoms with Gasteiger partial charge in [0.05, 0.1) is 18.4 Å². The van der Waals surface area contributed by atoms with Crippen LogP contribution in [0.2, 0.25) is 0 Å². The Labute approximate surface area is 108 Å². The van der Waals surface area contributed by atoms with Gasteiger partial charge in [-0.15, -0.1) is 0 Å². The number of rotatable bonds is 7. The number of methoxy groups -OCH3 is 1. The van der Waals surface area contributed by atoms with E-state index in [1.54, 1.807) is 11.8 Å². The zero-order valence-corrected chi connectivity index (χ0v) is 12.2. The molecule has 5 heteroatoms. The minimum absolute atomic E-state index is 0.708. The maximum absolute atomic E-state index is 5.35. The Bertz CT molecular complexity index is 352. The molecule has 1 unspecified atom stereocenters. The van der Waals surface area contributed by atoms with Crippen LogP contribution in [0.3, 0.4) is 0 Å². The van der Waals surface area contributed by atoms with Gasteiger partial charge in [-0.25, -0.2) is 4.68 Å². The molecule has 0 bridgehead atoms. The van der Waals surface area contributed by atoms with Crippen molar-refractivity contribution in [3.05, 3.63) is 11.3 Å². The Morgan fingerprint density at radius 2 is 2.24 bits per heavy atom. The number of nitrogens with zero attached hydrogens (tertiary/aromatic N) is 2. The lowest BCUT2D eigenvalue weighted by atomic mass is 10.2. The second-order valence-electron chi connectivity index (χ2n) is 4.21. The van der Waals surface area contributed by atoms with Crippen molar-refractivity contribution in [2.24, 2.45) is 7.05 Å². The number of hydrogen-bond acceptors (Lipinski definition) is 4. The molecule has 1 aromatic rings. The Morgan fingerprint density at radius 3 is 2.82 bits per heavy atom. The number of ether oxygens (including phenoxy) is 1. The van der Waals surface area contributed by atoms with Gasteiger partial charge in [0.2, 0.25) is 5.88 Å². The zero-order chi connectivity index (χ0) is 12.8. The van der Waals surface area contributed by atoms with Crippen LogP contribution in [-0.2, 0) is 13.6 Å². The molecule has 0 aliphatic heterocycles. The van der Waals surface area contributed by atoms with E-state index in [1.807, 2.05) is 25.7 Å². The minimum Gasteiger partial charge on any atom is -0.481 e. The molecule has 0 aliphatic rings. The molecule has 0 fully saturated rings. The van der Waals surface area contributed by atoms with Crippen molar-refractivity contribution in [3.8, 4) is 5.88 Å². The van der Waals surface area contributed by atoms with Crippen molar-refractivity contribution in [2.75, 3.05) is 19.9 Å². The lowest BCUT2D eigenvalue weighted by Crippen LogP contribution is -2.18. The molecule has 0 aromatic carbocycles. The first-order valence-electron chi connectivity index (χ1n) is 5.90. The SMILES string of the molecule is COc1c(CNCCC(C)SC)c(C)nn1C. The molecule has 0 amide bonds. The molecule has 1 rings (SSSR count). The minimum atomic E-state index is 0.708. The highest BCUT2D eigenvalue weighted by Gasteiger charge is 2.12. The maximum Gasteiger partial charge on any atom is 0.216 e. The largest absolute Gasteiger partial charge is 0.481 e. The third-order valence-corrected chi connectivity index (χ3v) is 3.95. The molecular weight excluding hydrogens is 234 g/mol. The second-order valence-corrected chi connectivity index (χ2v) is 5.48. The first-order chi connectivity index (χ1) is 8.10. The summed E-state index contributed by atoms with van der Waals surface area (Å²) in [7, 11) is 3.60. The predicted molar refractivity (Wildman–Crippen MR) is 73.8 cm³/mol. The van der Waals surface area contributed by atoms with Gasteiger partial charge in [-0.3, -0.25) is 0 Å². The van der Waals surface area contributed by atoms with Crippen LogP contribution < -0.4 is 10.1 Å². The van der Waals surface area contributed by atoms with Gasteiger partial charge >= 0.3 is 0 Å². The number of hydrogen-bond donors (Lipinski definition) is 1. The van der Waals surface area contributed by atoms with Gasteiger partial charge in [0, 0.05) is 18.8 Å². The fourth-order valence-corrected chi connectivity index (χ4v) is 2.13. The van der Waals surface area contributed by atoms with Gasteiger partial charge < -0.3 is 10.1 Å². The van der Waals surface area contributed by atoms with Crippen molar-refractivity contribution >= 4 is 11.8 Å². The molecule has 0 aliphatic carbocycles. The fraction of sp³-hybridized carbons (Fsp3) is 0.750. The van der Waals surface area contributed by atoms with Crippen LogP contribution in [-0.4, -0.2) is 34.9 Å². The van der Waals surface area contributed by atoms with Gasteiger partial charge in [-0.05, 0) is 26.1 Å². The summed E-state index contributed by atoms with van der Waals surface area (Å²) >= 11 is 1.90. The standard InChI is InChI=1S/C12H23N3OS/c1-9(17-5)6-7-13-8-11-10(2)14-15(3)12(11)16-4/h9,13H,6-8H2,1-5H3. The van der Waals surface area contributed by atoms with Crippen LogP contribution in [0.5, 0.6) is 5.88 Å². The normalized spacial score (nSPS) is 12.8. The maximum atomic E-state index is 5.35. The van der Waals surface area contributed by atoms with E-state index in [9.17, 15) is 0 Å². The first-order valence-corrected chi connectivity index (χ1v) is 7.18. The summed E-state index contributed by atoms with van der Waals surface area (Å²) in [5, 5.41) is 8.52. The Hall–Kier alpha value is -0.680. The quantitative estimate of drug-likeness (QED) is 0.758. The third-order valence-electron chi connectivity index (χ3n) is 2.91. The molecule has 0 saturated heterocycles. The zero-order valence-electron chi connectivity index (χ0n) is 11.4. The van der Waals surface area contributed by atoms with Gasteiger partial charge in [0.25, 0.3) is 0 Å². The average molecular weight is 257 g/mol. The highest BCUT2D eigenvalue weighted by molar-refractivity contribution is 7.99. The molecule has 1 aromatic heterocycles. The molecule has 98 valence electrons. The number of aryl methyl sites for hydroxylation is 2. The van der Waals surface area contributed by atoms with E-state index in [-0.39, 0.29) is 0 Å². The monoisotopic (exact) mass is 257 g/mol. The highest BCUT2D eigenvalue weighted by Crippen LogP contribution is 2.20. The van der Waals surface area contributed by atoms with Gasteiger partial charge in [0.1, 0.15) is 0 Å². The fourth-order valence-electron chi connectivity index (χ4n) is 1.78. The van der Waals surface area contributed by atoms with Crippen molar-refractivity contribution in [3.63, 3.8) is 0 Å². The molecule has 4 nitrogen and oxygen atoms in total. The lowest BCUT2D eigenvalue weighted by Gasteiger charge is -2.09. The summed E-state index contributed by atoms with van der Waals surface area (Å²) in [6, 6.07) is 0. The third kappa shape index (κ3) is 3.92. The summed E-state index contributed by atoms with van der Waals surface area (Å²) in [6.07, 6.45) is 3.34. The number of aromatic nitrogens is 2. The molecule has 0 saturated carbocycles. The van der Waals surface area contributed by atoms with Crippen molar-refractivity contribution in [1.82, 2.24) is 15.1 Å². The van der Waals surface area contributed by atoms with E-state index in [4.69, 9.17) is 4.74 Å². The van der Waals surface area contributed by atoms with E-state index >= 15 is 0 Å². The van der Waals surface area contributed by atoms with E-state index in [1.165, 1.54) is 6.42 Å². The smallest absolute Gasteiger partial charge is 0.216 e. The van der Waals surface area contributed by atoms with E-state index < -0.39 is 0 Å². The molecule has 0 spiro atoms. The van der Waals surface area contributed by atoms with E-state index in [0.717, 1.165) is 30.2 Å². The van der Waals surface area contributed by atoms with Crippen LogP contribution in [0.4, 0.5) is 0 Å². The Kier molecular flexibility index (Phi) is 5.85. The van der Waals surface area contributed by atoms with Gasteiger partial charge in [-0.2, -0.15) is 16.9 Å². The molecule has 0 radical (unpaired) electrons. The van der Waals surface area contributed by atoms with Crippen molar-refractivity contribution in [1.29, 1.82) is 0 Å². The summed E-state index contributed by atoms with van der Waals surface area (Å²) in [4.78, 5) is 0. The van der Waals surface area contributed by atoms with E-state index in [0.29, 0.717) is 5.25 Å². The molecule has 17 heavy (non-hydrogen) atoms. The van der Waals surface area contributed by atoms with Crippen LogP contribution in [0, 0.1) is 6.92 Å². The summed E-state index contributed by atoms with van der Waals surface area (Å²) in [6.45, 7) is 6.12. The Morgan fingerprint density at radius 1 is 1.53 bits per heavy atom. The first kappa shape index (κ1) is 14.4. The number of nitrogens with one attached hydrogen (secondary N) is 1. The van der Waals surface area contributed by atoms with Gasteiger partial charge in [0.15, 0.2) is 0 Å².